The monoisotopic (exact) mass is 580 g/mol. The Kier molecular flexibility index (Phi) is 10.4. The summed E-state index contributed by atoms with van der Waals surface area (Å²) in [6.45, 7) is 6.74. The molecule has 218 valence electrons. The number of nitrogens with zero attached hydrogens (tertiary/aromatic N) is 4. The quantitative estimate of drug-likeness (QED) is 0.254. The number of amides is 1. The summed E-state index contributed by atoms with van der Waals surface area (Å²) < 4.78 is 19.9. The van der Waals surface area contributed by atoms with E-state index in [1.807, 2.05) is 18.2 Å². The molecule has 0 saturated carbocycles. The first kappa shape index (κ1) is 29.2. The molecule has 3 aromatic rings. The van der Waals surface area contributed by atoms with Crippen molar-refractivity contribution in [3.63, 3.8) is 0 Å². The second kappa shape index (κ2) is 14.6. The number of ether oxygens (including phenoxy) is 1. The smallest absolute Gasteiger partial charge is 0.248 e. The summed E-state index contributed by atoms with van der Waals surface area (Å²) in [6, 6.07) is 8.03. The van der Waals surface area contributed by atoms with Gasteiger partial charge in [0.2, 0.25) is 5.91 Å². The first-order valence-corrected chi connectivity index (χ1v) is 15.0. The van der Waals surface area contributed by atoms with E-state index in [0.717, 1.165) is 45.7 Å². The lowest BCUT2D eigenvalue weighted by Crippen LogP contribution is -2.33. The Hall–Kier alpha value is -3.27. The van der Waals surface area contributed by atoms with E-state index >= 15 is 0 Å². The average molecular weight is 581 g/mol. The Morgan fingerprint density at radius 3 is 2.44 bits per heavy atom. The van der Waals surface area contributed by atoms with E-state index in [0.29, 0.717) is 40.5 Å². The predicted molar refractivity (Wildman–Crippen MR) is 163 cm³/mol. The van der Waals surface area contributed by atoms with Gasteiger partial charge in [-0.3, -0.25) is 9.69 Å². The van der Waals surface area contributed by atoms with E-state index in [-0.39, 0.29) is 10.9 Å². The van der Waals surface area contributed by atoms with Crippen LogP contribution in [-0.4, -0.2) is 71.6 Å². The van der Waals surface area contributed by atoms with Crippen LogP contribution in [0, 0.1) is 5.82 Å². The number of piperidine rings is 2. The van der Waals surface area contributed by atoms with Crippen molar-refractivity contribution in [3.05, 3.63) is 59.7 Å². The highest BCUT2D eigenvalue weighted by molar-refractivity contribution is 6.31. The maximum atomic E-state index is 13.7. The fraction of sp³-hybridized carbons (Fsp3) is 0.452. The summed E-state index contributed by atoms with van der Waals surface area (Å²) in [5.41, 5.74) is 1.77. The van der Waals surface area contributed by atoms with Crippen molar-refractivity contribution in [2.45, 2.75) is 44.9 Å². The van der Waals surface area contributed by atoms with Crippen LogP contribution in [0.5, 0.6) is 5.75 Å². The number of carbonyl (C=O) groups excluding carboxylic acids is 1. The third-order valence-electron chi connectivity index (χ3n) is 7.62. The number of hydrogen-bond donors (Lipinski definition) is 2. The number of carbonyl (C=O) groups is 1. The van der Waals surface area contributed by atoms with Gasteiger partial charge in [-0.05, 0) is 88.6 Å². The zero-order valence-electron chi connectivity index (χ0n) is 23.4. The highest BCUT2D eigenvalue weighted by atomic mass is 35.5. The number of hydrogen-bond acceptors (Lipinski definition) is 7. The van der Waals surface area contributed by atoms with Crippen LogP contribution < -0.4 is 15.4 Å². The Morgan fingerprint density at radius 2 is 1.71 bits per heavy atom. The van der Waals surface area contributed by atoms with E-state index in [4.69, 9.17) is 16.3 Å². The minimum atomic E-state index is -0.495. The lowest BCUT2D eigenvalue weighted by atomic mass is 10.1. The molecule has 8 nitrogen and oxygen atoms in total. The van der Waals surface area contributed by atoms with E-state index < -0.39 is 5.82 Å². The summed E-state index contributed by atoms with van der Waals surface area (Å²) in [7, 11) is 0. The van der Waals surface area contributed by atoms with Gasteiger partial charge in [0.25, 0.3) is 0 Å². The Bertz CT molecular complexity index is 1360. The predicted octanol–water partition coefficient (Wildman–Crippen LogP) is 6.40. The van der Waals surface area contributed by atoms with Crippen molar-refractivity contribution in [2.75, 3.05) is 56.5 Å². The van der Waals surface area contributed by atoms with E-state index in [1.54, 1.807) is 12.1 Å². The number of rotatable bonds is 11. The number of aromatic nitrogens is 2. The van der Waals surface area contributed by atoms with Crippen LogP contribution in [0.4, 0.5) is 21.6 Å². The van der Waals surface area contributed by atoms with E-state index in [9.17, 15) is 9.18 Å². The molecule has 2 fully saturated rings. The maximum Gasteiger partial charge on any atom is 0.248 e. The molecule has 0 aliphatic carbocycles. The number of anilines is 3. The van der Waals surface area contributed by atoms with Gasteiger partial charge in [-0.25, -0.2) is 14.4 Å². The van der Waals surface area contributed by atoms with Crippen molar-refractivity contribution in [1.29, 1.82) is 0 Å². The van der Waals surface area contributed by atoms with Gasteiger partial charge in [0.05, 0.1) is 16.2 Å². The van der Waals surface area contributed by atoms with Gasteiger partial charge in [-0.1, -0.05) is 30.5 Å². The number of likely N-dealkylation sites (tertiary alicyclic amines) is 2. The van der Waals surface area contributed by atoms with Crippen molar-refractivity contribution >= 4 is 45.6 Å². The lowest BCUT2D eigenvalue weighted by Gasteiger charge is -2.26. The standard InChI is InChI=1S/C31H38ClFN6O2/c32-25-19-23(10-11-26(25)33)36-31-24-20-28(37-30(40)9-3-8-16-38-12-4-1-5-13-38)29(21-27(24)34-22-35-31)41-18-17-39-14-6-2-7-15-39/h3,9-11,19-22H,1-2,4-8,12-18H2,(H,37,40)(H,34,35,36). The summed E-state index contributed by atoms with van der Waals surface area (Å²) >= 11 is 5.98. The highest BCUT2D eigenvalue weighted by Crippen LogP contribution is 2.34. The minimum Gasteiger partial charge on any atom is -0.490 e. The molecule has 2 N–H and O–H groups in total. The van der Waals surface area contributed by atoms with Crippen LogP contribution >= 0.6 is 11.6 Å². The molecular formula is C31H38ClFN6O2. The van der Waals surface area contributed by atoms with Gasteiger partial charge in [-0.2, -0.15) is 0 Å². The molecule has 0 radical (unpaired) electrons. The normalized spacial score (nSPS) is 16.7. The number of halogens is 2. The van der Waals surface area contributed by atoms with Gasteiger partial charge in [-0.15, -0.1) is 0 Å². The van der Waals surface area contributed by atoms with Crippen LogP contribution in [0.15, 0.2) is 48.8 Å². The molecular weight excluding hydrogens is 543 g/mol. The molecule has 2 aromatic carbocycles. The molecule has 0 atom stereocenters. The summed E-state index contributed by atoms with van der Waals surface area (Å²) in [5, 5.41) is 6.89. The largest absolute Gasteiger partial charge is 0.490 e. The third-order valence-corrected chi connectivity index (χ3v) is 7.91. The molecule has 41 heavy (non-hydrogen) atoms. The third kappa shape index (κ3) is 8.38. The minimum absolute atomic E-state index is 0.0118. The molecule has 0 unspecified atom stereocenters. The van der Waals surface area contributed by atoms with Crippen molar-refractivity contribution < 1.29 is 13.9 Å². The summed E-state index contributed by atoms with van der Waals surface area (Å²) in [6.07, 6.45) is 13.3. The Morgan fingerprint density at radius 1 is 0.976 bits per heavy atom. The van der Waals surface area contributed by atoms with Gasteiger partial charge < -0.3 is 20.3 Å². The fourth-order valence-electron chi connectivity index (χ4n) is 5.38. The topological polar surface area (TPSA) is 82.6 Å². The van der Waals surface area contributed by atoms with Crippen molar-refractivity contribution in [3.8, 4) is 5.75 Å². The summed E-state index contributed by atoms with van der Waals surface area (Å²) in [4.78, 5) is 26.6. The molecule has 1 amide bonds. The van der Waals surface area contributed by atoms with E-state index in [2.05, 4.69) is 30.4 Å². The number of benzene rings is 2. The molecule has 0 spiro atoms. The van der Waals surface area contributed by atoms with Gasteiger partial charge in [0.1, 0.15) is 30.3 Å². The van der Waals surface area contributed by atoms with Crippen LogP contribution in [0.25, 0.3) is 10.9 Å². The van der Waals surface area contributed by atoms with Crippen molar-refractivity contribution in [1.82, 2.24) is 19.8 Å². The molecule has 5 rings (SSSR count). The summed E-state index contributed by atoms with van der Waals surface area (Å²) in [5.74, 6) is 0.342. The molecule has 1 aromatic heterocycles. The Labute approximate surface area is 245 Å². The fourth-order valence-corrected chi connectivity index (χ4v) is 5.56. The molecule has 2 aliphatic rings. The molecule has 0 bridgehead atoms. The highest BCUT2D eigenvalue weighted by Gasteiger charge is 2.15. The molecule has 10 heteroatoms. The molecule has 3 heterocycles. The van der Waals surface area contributed by atoms with Gasteiger partial charge in [0, 0.05) is 30.2 Å². The molecule has 2 saturated heterocycles. The second-order valence-electron chi connectivity index (χ2n) is 10.7. The SMILES string of the molecule is O=C(C=CCCN1CCCCC1)Nc1cc2c(Nc3ccc(F)c(Cl)c3)ncnc2cc1OCCN1CCCCC1. The van der Waals surface area contributed by atoms with Crippen LogP contribution in [0.3, 0.4) is 0 Å². The lowest BCUT2D eigenvalue weighted by molar-refractivity contribution is -0.111. The van der Waals surface area contributed by atoms with Crippen LogP contribution in [0.2, 0.25) is 5.02 Å². The van der Waals surface area contributed by atoms with Crippen LogP contribution in [-0.2, 0) is 4.79 Å². The average Bonchev–Trinajstić information content (AvgIpc) is 2.99. The number of fused-ring (bicyclic) bond motifs is 1. The first-order chi connectivity index (χ1) is 20.0. The second-order valence-corrected chi connectivity index (χ2v) is 11.1. The van der Waals surface area contributed by atoms with E-state index in [1.165, 1.54) is 57.0 Å². The zero-order valence-corrected chi connectivity index (χ0v) is 24.1. The van der Waals surface area contributed by atoms with Gasteiger partial charge >= 0.3 is 0 Å². The first-order valence-electron chi connectivity index (χ1n) is 14.6. The number of nitrogens with one attached hydrogen (secondary N) is 2. The van der Waals surface area contributed by atoms with Crippen molar-refractivity contribution in [2.24, 2.45) is 0 Å². The maximum absolute atomic E-state index is 13.7. The zero-order chi connectivity index (χ0) is 28.4. The Balaban J connectivity index is 1.33. The van der Waals surface area contributed by atoms with Crippen LogP contribution in [0.1, 0.15) is 44.9 Å². The molecule has 2 aliphatic heterocycles. The van der Waals surface area contributed by atoms with Gasteiger partial charge in [0.15, 0.2) is 0 Å².